The molecule has 0 atom stereocenters. The summed E-state index contributed by atoms with van der Waals surface area (Å²) in [5.41, 5.74) is -0.307. The number of anilines is 1. The Hall–Kier alpha value is -3.36. The van der Waals surface area contributed by atoms with Crippen LogP contribution in [0.4, 0.5) is 5.82 Å². The van der Waals surface area contributed by atoms with E-state index in [1.807, 2.05) is 0 Å². The van der Waals surface area contributed by atoms with Crippen LogP contribution in [-0.2, 0) is 9.59 Å². The third-order valence-electron chi connectivity index (χ3n) is 2.95. The minimum Gasteiger partial charge on any atom is -0.493 e. The van der Waals surface area contributed by atoms with E-state index in [0.29, 0.717) is 22.4 Å². The van der Waals surface area contributed by atoms with Gasteiger partial charge < -0.3 is 25.0 Å². The highest BCUT2D eigenvalue weighted by atomic mass is 16.5. The molecule has 0 aliphatic carbocycles. The lowest BCUT2D eigenvalue weighted by atomic mass is 10.2. The molecule has 3 N–H and O–H groups in total. The average molecular weight is 319 g/mol. The van der Waals surface area contributed by atoms with Crippen LogP contribution in [0, 0.1) is 0 Å². The number of methoxy groups -OCH3 is 2. The Morgan fingerprint density at radius 3 is 2.26 bits per heavy atom. The molecule has 0 saturated heterocycles. The molecule has 0 bridgehead atoms. The number of carbonyl (C=O) groups is 2. The highest BCUT2D eigenvalue weighted by molar-refractivity contribution is 6.12. The molecule has 0 amide bonds. The van der Waals surface area contributed by atoms with Gasteiger partial charge in [0.05, 0.1) is 19.7 Å². The topological polar surface area (TPSA) is 131 Å². The van der Waals surface area contributed by atoms with Crippen molar-refractivity contribution in [1.82, 2.24) is 9.97 Å². The molecule has 0 aliphatic rings. The molecule has 1 aromatic carbocycles. The lowest BCUT2D eigenvalue weighted by Crippen LogP contribution is -2.13. The van der Waals surface area contributed by atoms with Crippen molar-refractivity contribution in [2.75, 3.05) is 19.5 Å². The largest absolute Gasteiger partial charge is 0.493 e. The summed E-state index contributed by atoms with van der Waals surface area (Å²) in [5, 5.41) is 20.7. The van der Waals surface area contributed by atoms with E-state index >= 15 is 0 Å². The lowest BCUT2D eigenvalue weighted by molar-refractivity contribution is -0.140. The van der Waals surface area contributed by atoms with E-state index < -0.39 is 17.5 Å². The Morgan fingerprint density at radius 2 is 1.70 bits per heavy atom. The molecule has 0 unspecified atom stereocenters. The van der Waals surface area contributed by atoms with Crippen molar-refractivity contribution in [2.24, 2.45) is 0 Å². The molecule has 9 nitrogen and oxygen atoms in total. The first-order valence-electron chi connectivity index (χ1n) is 6.28. The number of benzene rings is 1. The highest BCUT2D eigenvalue weighted by Gasteiger charge is 2.16. The monoisotopic (exact) mass is 319 g/mol. The quantitative estimate of drug-likeness (QED) is 0.407. The fourth-order valence-electron chi connectivity index (χ4n) is 1.85. The molecule has 23 heavy (non-hydrogen) atoms. The van der Waals surface area contributed by atoms with Gasteiger partial charge in [-0.25, -0.2) is 19.6 Å². The number of aliphatic carboxylic acids is 2. The molecule has 0 saturated carbocycles. The minimum absolute atomic E-state index is 0.232. The molecule has 2 rings (SSSR count). The molecule has 2 aromatic rings. The normalized spacial score (nSPS) is 10.0. The van der Waals surface area contributed by atoms with Crippen molar-refractivity contribution < 1.29 is 29.3 Å². The van der Waals surface area contributed by atoms with Crippen LogP contribution in [0.1, 0.15) is 0 Å². The Bertz CT molecular complexity index is 786. The Kier molecular flexibility index (Phi) is 4.60. The number of fused-ring (bicyclic) bond motifs is 1. The highest BCUT2D eigenvalue weighted by Crippen LogP contribution is 2.33. The predicted octanol–water partition coefficient (Wildman–Crippen LogP) is 1.11. The van der Waals surface area contributed by atoms with E-state index in [-0.39, 0.29) is 5.82 Å². The summed E-state index contributed by atoms with van der Waals surface area (Å²) in [6.45, 7) is 0. The molecule has 9 heteroatoms. The summed E-state index contributed by atoms with van der Waals surface area (Å²) < 4.78 is 10.4. The van der Waals surface area contributed by atoms with Gasteiger partial charge in [0, 0.05) is 17.7 Å². The second kappa shape index (κ2) is 6.60. The van der Waals surface area contributed by atoms with Gasteiger partial charge in [-0.05, 0) is 6.07 Å². The van der Waals surface area contributed by atoms with Crippen molar-refractivity contribution in [3.63, 3.8) is 0 Å². The van der Waals surface area contributed by atoms with Crippen LogP contribution in [0.2, 0.25) is 0 Å². The van der Waals surface area contributed by atoms with Crippen molar-refractivity contribution in [3.05, 3.63) is 30.2 Å². The van der Waals surface area contributed by atoms with Crippen LogP contribution in [0.25, 0.3) is 10.9 Å². The van der Waals surface area contributed by atoms with Gasteiger partial charge in [0.1, 0.15) is 12.1 Å². The van der Waals surface area contributed by atoms with E-state index in [1.165, 1.54) is 20.5 Å². The fraction of sp³-hybridized carbons (Fsp3) is 0.143. The number of carboxylic acid groups (broad SMARTS) is 2. The van der Waals surface area contributed by atoms with Gasteiger partial charge in [0.25, 0.3) is 0 Å². The van der Waals surface area contributed by atoms with Crippen LogP contribution < -0.4 is 14.8 Å². The summed E-state index contributed by atoms with van der Waals surface area (Å²) in [5.74, 6) is -2.00. The molecular formula is C14H13N3O6. The van der Waals surface area contributed by atoms with E-state index in [1.54, 1.807) is 12.1 Å². The molecule has 1 heterocycles. The SMILES string of the molecule is COc1cc2ncnc(NC=C(C(=O)O)C(=O)O)c2cc1OC. The summed E-state index contributed by atoms with van der Waals surface area (Å²) in [6.07, 6.45) is 2.11. The maximum absolute atomic E-state index is 10.9. The van der Waals surface area contributed by atoms with Gasteiger partial charge in [-0.3, -0.25) is 0 Å². The summed E-state index contributed by atoms with van der Waals surface area (Å²) in [4.78, 5) is 29.8. The second-order valence-corrected chi connectivity index (χ2v) is 4.26. The van der Waals surface area contributed by atoms with Gasteiger partial charge in [-0.15, -0.1) is 0 Å². The Morgan fingerprint density at radius 1 is 1.09 bits per heavy atom. The van der Waals surface area contributed by atoms with E-state index in [2.05, 4.69) is 15.3 Å². The molecular weight excluding hydrogens is 306 g/mol. The number of hydrogen-bond acceptors (Lipinski definition) is 7. The number of carboxylic acids is 2. The second-order valence-electron chi connectivity index (χ2n) is 4.26. The predicted molar refractivity (Wildman–Crippen MR) is 79.6 cm³/mol. The van der Waals surface area contributed by atoms with Crippen LogP contribution in [0.5, 0.6) is 11.5 Å². The third kappa shape index (κ3) is 3.28. The number of aromatic nitrogens is 2. The van der Waals surface area contributed by atoms with Gasteiger partial charge in [-0.2, -0.15) is 0 Å². The summed E-state index contributed by atoms with van der Waals surface area (Å²) in [6, 6.07) is 3.23. The van der Waals surface area contributed by atoms with Gasteiger partial charge in [0.2, 0.25) is 0 Å². The van der Waals surface area contributed by atoms with E-state index in [9.17, 15) is 9.59 Å². The molecule has 0 fully saturated rings. The summed E-state index contributed by atoms with van der Waals surface area (Å²) in [7, 11) is 2.95. The number of nitrogens with zero attached hydrogens (tertiary/aromatic N) is 2. The van der Waals surface area contributed by atoms with Gasteiger partial charge in [0.15, 0.2) is 17.1 Å². The minimum atomic E-state index is -1.57. The molecule has 0 radical (unpaired) electrons. The first kappa shape index (κ1) is 16.0. The zero-order chi connectivity index (χ0) is 17.0. The molecule has 0 spiro atoms. The molecule has 0 aliphatic heterocycles. The zero-order valence-electron chi connectivity index (χ0n) is 12.2. The number of rotatable bonds is 6. The average Bonchev–Trinajstić information content (AvgIpc) is 2.53. The fourth-order valence-corrected chi connectivity index (χ4v) is 1.85. The van der Waals surface area contributed by atoms with Crippen LogP contribution >= 0.6 is 0 Å². The molecule has 120 valence electrons. The maximum atomic E-state index is 10.9. The first-order valence-corrected chi connectivity index (χ1v) is 6.28. The van der Waals surface area contributed by atoms with Crippen molar-refractivity contribution in [2.45, 2.75) is 0 Å². The Balaban J connectivity index is 2.51. The molecule has 1 aromatic heterocycles. The number of nitrogens with one attached hydrogen (secondary N) is 1. The Labute approximate surface area is 130 Å². The lowest BCUT2D eigenvalue weighted by Gasteiger charge is -2.10. The van der Waals surface area contributed by atoms with Crippen LogP contribution in [-0.4, -0.2) is 46.3 Å². The zero-order valence-corrected chi connectivity index (χ0v) is 12.2. The third-order valence-corrected chi connectivity index (χ3v) is 2.95. The van der Waals surface area contributed by atoms with Crippen LogP contribution in [0.3, 0.4) is 0 Å². The van der Waals surface area contributed by atoms with Crippen molar-refractivity contribution >= 4 is 28.7 Å². The maximum Gasteiger partial charge on any atom is 0.344 e. The summed E-state index contributed by atoms with van der Waals surface area (Å²) >= 11 is 0. The van der Waals surface area contributed by atoms with Crippen molar-refractivity contribution in [3.8, 4) is 11.5 Å². The van der Waals surface area contributed by atoms with E-state index in [0.717, 1.165) is 6.20 Å². The standard InChI is InChI=1S/C14H13N3O6/c1-22-10-3-7-9(4-11(10)23-2)16-6-17-12(7)15-5-8(13(18)19)14(20)21/h3-6H,1-2H3,(H,18,19)(H,20,21)(H,15,16,17). The number of ether oxygens (including phenoxy) is 2. The van der Waals surface area contributed by atoms with E-state index in [4.69, 9.17) is 19.7 Å². The number of hydrogen-bond donors (Lipinski definition) is 3. The smallest absolute Gasteiger partial charge is 0.344 e. The van der Waals surface area contributed by atoms with Gasteiger partial charge in [-0.1, -0.05) is 0 Å². The van der Waals surface area contributed by atoms with Crippen molar-refractivity contribution in [1.29, 1.82) is 0 Å². The van der Waals surface area contributed by atoms with Crippen LogP contribution in [0.15, 0.2) is 30.2 Å². The van der Waals surface area contributed by atoms with Gasteiger partial charge >= 0.3 is 11.9 Å². The first-order chi connectivity index (χ1) is 11.0.